The summed E-state index contributed by atoms with van der Waals surface area (Å²) in [5.74, 6) is 1.90. The van der Waals surface area contributed by atoms with Crippen LogP contribution in [0.2, 0.25) is 0 Å². The molecule has 0 aromatic carbocycles. The van der Waals surface area contributed by atoms with E-state index in [1.165, 1.54) is 12.8 Å². The zero-order chi connectivity index (χ0) is 23.3. The quantitative estimate of drug-likeness (QED) is 0.444. The van der Waals surface area contributed by atoms with Gasteiger partial charge in [0.25, 0.3) is 0 Å². The Kier molecular flexibility index (Phi) is 5.08. The van der Waals surface area contributed by atoms with Crippen molar-refractivity contribution in [1.82, 2.24) is 0 Å². The molecule has 5 aliphatic carbocycles. The van der Waals surface area contributed by atoms with Crippen molar-refractivity contribution in [2.45, 2.75) is 105 Å². The second kappa shape index (κ2) is 7.09. The number of aliphatic carboxylic acids is 1. The summed E-state index contributed by atoms with van der Waals surface area (Å²) in [6, 6.07) is 0. The highest BCUT2D eigenvalue weighted by Gasteiger charge is 2.67. The van der Waals surface area contributed by atoms with E-state index in [1.807, 2.05) is 0 Å². The molecular weight excluding hydrogens is 396 g/mol. The topological polar surface area (TPSA) is 57.5 Å². The average molecular weight is 443 g/mol. The van der Waals surface area contributed by atoms with Crippen LogP contribution in [0.25, 0.3) is 0 Å². The summed E-state index contributed by atoms with van der Waals surface area (Å²) in [6.07, 6.45) is 12.1. The molecule has 5 aliphatic rings. The summed E-state index contributed by atoms with van der Waals surface area (Å²) in [5, 5.41) is 20.9. The van der Waals surface area contributed by atoms with E-state index < -0.39 is 5.97 Å². The van der Waals surface area contributed by atoms with Gasteiger partial charge in [0, 0.05) is 0 Å². The van der Waals surface area contributed by atoms with Gasteiger partial charge in [-0.25, -0.2) is 0 Å². The lowest BCUT2D eigenvalue weighted by Gasteiger charge is -2.70. The molecule has 10 atom stereocenters. The van der Waals surface area contributed by atoms with Crippen LogP contribution in [0.3, 0.4) is 0 Å². The van der Waals surface area contributed by atoms with E-state index in [0.717, 1.165) is 44.9 Å². The molecule has 0 radical (unpaired) electrons. The summed E-state index contributed by atoms with van der Waals surface area (Å²) in [6.45, 7) is 14.8. The van der Waals surface area contributed by atoms with Crippen LogP contribution in [0.1, 0.15) is 99.3 Å². The second-order valence-electron chi connectivity index (χ2n) is 14.1. The second-order valence-corrected chi connectivity index (χ2v) is 14.1. The highest BCUT2D eigenvalue weighted by atomic mass is 16.4. The van der Waals surface area contributed by atoms with Gasteiger partial charge in [0.1, 0.15) is 0 Å². The number of aliphatic hydroxyl groups is 1. The highest BCUT2D eigenvalue weighted by molar-refractivity contribution is 5.70. The van der Waals surface area contributed by atoms with Crippen LogP contribution in [0.4, 0.5) is 0 Å². The van der Waals surface area contributed by atoms with E-state index in [9.17, 15) is 15.0 Å². The Hall–Kier alpha value is -0.830. The molecule has 0 bridgehead atoms. The molecule has 0 amide bonds. The molecule has 10 unspecified atom stereocenters. The summed E-state index contributed by atoms with van der Waals surface area (Å²) >= 11 is 0. The lowest BCUT2D eigenvalue weighted by Crippen LogP contribution is -2.63. The molecule has 2 N–H and O–H groups in total. The van der Waals surface area contributed by atoms with Gasteiger partial charge in [-0.15, -0.1) is 0 Å². The Balaban J connectivity index is 1.57. The summed E-state index contributed by atoms with van der Waals surface area (Å²) in [7, 11) is 0. The minimum absolute atomic E-state index is 0.158. The van der Waals surface area contributed by atoms with Gasteiger partial charge in [-0.05, 0) is 109 Å². The molecule has 4 saturated carbocycles. The Morgan fingerprint density at radius 3 is 2.38 bits per heavy atom. The van der Waals surface area contributed by atoms with Gasteiger partial charge < -0.3 is 10.2 Å². The first kappa shape index (κ1) is 22.9. The van der Waals surface area contributed by atoms with Crippen molar-refractivity contribution in [3.63, 3.8) is 0 Å². The SMILES string of the molecule is CC1CCC(C(=O)O)C2CCC3(C)C(=CCC4C5(C)CC(O)CC(C)(C)C5CCC43C)C12. The summed E-state index contributed by atoms with van der Waals surface area (Å²) < 4.78 is 0. The van der Waals surface area contributed by atoms with Gasteiger partial charge in [-0.1, -0.05) is 53.2 Å². The van der Waals surface area contributed by atoms with Gasteiger partial charge >= 0.3 is 5.97 Å². The summed E-state index contributed by atoms with van der Waals surface area (Å²) in [4.78, 5) is 12.1. The number of rotatable bonds is 1. The standard InChI is InChI=1S/C29H46O3/c1-17-7-8-20(25(31)32)19-11-13-28(5)21(24(17)19)9-10-23-27(4)16-18(30)15-26(2,3)22(27)12-14-29(23,28)6/h9,17-20,22-24,30H,7-8,10-16H2,1-6H3,(H,31,32). The minimum Gasteiger partial charge on any atom is -0.481 e. The highest BCUT2D eigenvalue weighted by Crippen LogP contribution is 2.74. The van der Waals surface area contributed by atoms with Crippen LogP contribution < -0.4 is 0 Å². The fourth-order valence-electron chi connectivity index (χ4n) is 10.9. The molecule has 0 aromatic rings. The van der Waals surface area contributed by atoms with Crippen LogP contribution in [0.5, 0.6) is 0 Å². The van der Waals surface area contributed by atoms with Crippen LogP contribution in [0.15, 0.2) is 11.6 Å². The number of aliphatic hydroxyl groups excluding tert-OH is 1. The molecule has 0 saturated heterocycles. The molecular formula is C29H46O3. The molecule has 32 heavy (non-hydrogen) atoms. The molecule has 0 spiro atoms. The van der Waals surface area contributed by atoms with Gasteiger partial charge in [0.05, 0.1) is 12.0 Å². The average Bonchev–Trinajstić information content (AvgIpc) is 2.66. The zero-order valence-corrected chi connectivity index (χ0v) is 21.3. The van der Waals surface area contributed by atoms with Crippen molar-refractivity contribution in [3.8, 4) is 0 Å². The number of carboxylic acids is 1. The third-order valence-electron chi connectivity index (χ3n) is 12.3. The Morgan fingerprint density at radius 2 is 1.69 bits per heavy atom. The van der Waals surface area contributed by atoms with Crippen molar-refractivity contribution in [2.75, 3.05) is 0 Å². The number of hydrogen-bond donors (Lipinski definition) is 2. The van der Waals surface area contributed by atoms with Crippen LogP contribution in [0, 0.1) is 57.2 Å². The number of carbonyl (C=O) groups is 1. The Labute approximate surface area is 195 Å². The number of carboxylic acid groups (broad SMARTS) is 1. The van der Waals surface area contributed by atoms with E-state index in [4.69, 9.17) is 0 Å². The van der Waals surface area contributed by atoms with E-state index in [2.05, 4.69) is 47.6 Å². The normalized spacial score (nSPS) is 54.3. The molecule has 3 nitrogen and oxygen atoms in total. The van der Waals surface area contributed by atoms with Gasteiger partial charge in [0.15, 0.2) is 0 Å². The lowest BCUT2D eigenvalue weighted by atomic mass is 9.34. The first-order valence-corrected chi connectivity index (χ1v) is 13.5. The monoisotopic (exact) mass is 442 g/mol. The molecule has 0 aromatic heterocycles. The number of hydrogen-bond acceptors (Lipinski definition) is 2. The fourth-order valence-corrected chi connectivity index (χ4v) is 10.9. The number of allylic oxidation sites excluding steroid dienone is 2. The summed E-state index contributed by atoms with van der Waals surface area (Å²) in [5.41, 5.74) is 2.40. The third kappa shape index (κ3) is 2.85. The Morgan fingerprint density at radius 1 is 0.969 bits per heavy atom. The van der Waals surface area contributed by atoms with Crippen molar-refractivity contribution >= 4 is 5.97 Å². The maximum atomic E-state index is 12.1. The predicted octanol–water partition coefficient (Wildman–Crippen LogP) is 6.70. The van der Waals surface area contributed by atoms with E-state index >= 15 is 0 Å². The number of fused-ring (bicyclic) bond motifs is 7. The van der Waals surface area contributed by atoms with Gasteiger partial charge in [-0.2, -0.15) is 0 Å². The van der Waals surface area contributed by atoms with Crippen molar-refractivity contribution in [1.29, 1.82) is 0 Å². The predicted molar refractivity (Wildman–Crippen MR) is 128 cm³/mol. The maximum absolute atomic E-state index is 12.1. The van der Waals surface area contributed by atoms with E-state index in [1.54, 1.807) is 5.57 Å². The molecule has 180 valence electrons. The van der Waals surface area contributed by atoms with Gasteiger partial charge in [-0.3, -0.25) is 4.79 Å². The first-order chi connectivity index (χ1) is 14.8. The zero-order valence-electron chi connectivity index (χ0n) is 21.3. The fraction of sp³-hybridized carbons (Fsp3) is 0.897. The molecule has 0 heterocycles. The largest absolute Gasteiger partial charge is 0.481 e. The van der Waals surface area contributed by atoms with Crippen molar-refractivity contribution in [2.24, 2.45) is 57.2 Å². The minimum atomic E-state index is -0.567. The molecule has 4 fully saturated rings. The maximum Gasteiger partial charge on any atom is 0.306 e. The smallest absolute Gasteiger partial charge is 0.306 e. The van der Waals surface area contributed by atoms with Crippen molar-refractivity contribution < 1.29 is 15.0 Å². The lowest BCUT2D eigenvalue weighted by molar-refractivity contribution is -0.195. The first-order valence-electron chi connectivity index (χ1n) is 13.5. The Bertz CT molecular complexity index is 828. The molecule has 0 aliphatic heterocycles. The van der Waals surface area contributed by atoms with Crippen molar-refractivity contribution in [3.05, 3.63) is 11.6 Å². The van der Waals surface area contributed by atoms with E-state index in [-0.39, 0.29) is 33.7 Å². The van der Waals surface area contributed by atoms with Crippen LogP contribution in [-0.4, -0.2) is 22.3 Å². The molecule has 5 rings (SSSR count). The molecule has 3 heteroatoms. The third-order valence-corrected chi connectivity index (χ3v) is 12.3. The van der Waals surface area contributed by atoms with Crippen LogP contribution in [-0.2, 0) is 4.79 Å². The van der Waals surface area contributed by atoms with E-state index in [0.29, 0.717) is 29.6 Å². The van der Waals surface area contributed by atoms with Gasteiger partial charge in [0.2, 0.25) is 0 Å². The van der Waals surface area contributed by atoms with Crippen LogP contribution >= 0.6 is 0 Å².